The molecule has 0 saturated carbocycles. The van der Waals surface area contributed by atoms with Gasteiger partial charge in [0.15, 0.2) is 11.3 Å². The summed E-state index contributed by atoms with van der Waals surface area (Å²) in [6, 6.07) is 36.8. The van der Waals surface area contributed by atoms with Crippen LogP contribution in [-0.4, -0.2) is 42.8 Å². The van der Waals surface area contributed by atoms with Crippen molar-refractivity contribution in [1.29, 1.82) is 0 Å². The first kappa shape index (κ1) is 30.7. The Labute approximate surface area is 275 Å². The summed E-state index contributed by atoms with van der Waals surface area (Å²) in [5.41, 5.74) is 3.51. The Morgan fingerprint density at radius 2 is 1.38 bits per heavy atom. The molecule has 7 rings (SSSR count). The highest BCUT2D eigenvalue weighted by molar-refractivity contribution is 6.04. The van der Waals surface area contributed by atoms with Crippen LogP contribution in [-0.2, 0) is 5.54 Å². The zero-order valence-corrected chi connectivity index (χ0v) is 26.5. The van der Waals surface area contributed by atoms with Crippen molar-refractivity contribution in [1.82, 2.24) is 30.0 Å². The zero-order valence-electron chi connectivity index (χ0n) is 26.5. The second-order valence-electron chi connectivity index (χ2n) is 12.5. The van der Waals surface area contributed by atoms with Gasteiger partial charge in [0.2, 0.25) is 0 Å². The molecular formula is C38H32F2N6O2. The van der Waals surface area contributed by atoms with Crippen LogP contribution in [0, 0.1) is 0 Å². The van der Waals surface area contributed by atoms with Crippen LogP contribution < -0.4 is 10.1 Å². The van der Waals surface area contributed by atoms with Crippen molar-refractivity contribution in [2.45, 2.75) is 38.5 Å². The van der Waals surface area contributed by atoms with Gasteiger partial charge in [-0.2, -0.15) is 13.9 Å². The van der Waals surface area contributed by atoms with E-state index in [1.54, 1.807) is 6.07 Å². The molecule has 0 aliphatic heterocycles. The number of benzene rings is 4. The van der Waals surface area contributed by atoms with Gasteiger partial charge in [0.1, 0.15) is 28.2 Å². The van der Waals surface area contributed by atoms with E-state index in [-0.39, 0.29) is 22.8 Å². The fourth-order valence-corrected chi connectivity index (χ4v) is 6.24. The molecule has 10 heteroatoms. The van der Waals surface area contributed by atoms with E-state index in [1.807, 2.05) is 87.6 Å². The van der Waals surface area contributed by atoms with E-state index in [0.29, 0.717) is 22.1 Å². The van der Waals surface area contributed by atoms with Gasteiger partial charge in [0.05, 0.1) is 5.52 Å². The third-order valence-corrected chi connectivity index (χ3v) is 8.14. The molecular weight excluding hydrogens is 610 g/mol. The van der Waals surface area contributed by atoms with Crippen LogP contribution in [0.1, 0.15) is 48.0 Å². The monoisotopic (exact) mass is 642 g/mol. The number of nitrogens with one attached hydrogen (secondary N) is 2. The third-order valence-electron chi connectivity index (χ3n) is 8.14. The van der Waals surface area contributed by atoms with Crippen LogP contribution in [0.15, 0.2) is 121 Å². The molecule has 2 N–H and O–H groups in total. The molecule has 0 atom stereocenters. The van der Waals surface area contributed by atoms with Crippen LogP contribution in [0.4, 0.5) is 8.78 Å². The number of halogens is 2. The summed E-state index contributed by atoms with van der Waals surface area (Å²) >= 11 is 0. The summed E-state index contributed by atoms with van der Waals surface area (Å²) in [6.07, 6.45) is 1.93. The van der Waals surface area contributed by atoms with E-state index >= 15 is 0 Å². The number of aromatic amines is 1. The van der Waals surface area contributed by atoms with Gasteiger partial charge in [-0.1, -0.05) is 91.0 Å². The normalized spacial score (nSPS) is 12.1. The van der Waals surface area contributed by atoms with E-state index < -0.39 is 23.6 Å². The van der Waals surface area contributed by atoms with E-state index in [1.165, 1.54) is 12.1 Å². The predicted molar refractivity (Wildman–Crippen MR) is 181 cm³/mol. The van der Waals surface area contributed by atoms with Gasteiger partial charge in [-0.3, -0.25) is 9.89 Å². The first-order valence-corrected chi connectivity index (χ1v) is 15.5. The summed E-state index contributed by atoms with van der Waals surface area (Å²) in [5.74, 6) is -0.500. The van der Waals surface area contributed by atoms with Gasteiger partial charge in [-0.25, -0.2) is 9.97 Å². The first-order valence-electron chi connectivity index (χ1n) is 15.5. The maximum absolute atomic E-state index is 14.1. The maximum atomic E-state index is 14.1. The third kappa shape index (κ3) is 5.45. The molecule has 0 fully saturated rings. The molecule has 0 saturated heterocycles. The topological polar surface area (TPSA) is 97.7 Å². The minimum absolute atomic E-state index is 0.0361. The molecule has 0 unspecified atom stereocenters. The molecule has 48 heavy (non-hydrogen) atoms. The first-order chi connectivity index (χ1) is 23.1. The van der Waals surface area contributed by atoms with Crippen molar-refractivity contribution >= 4 is 28.0 Å². The van der Waals surface area contributed by atoms with Crippen LogP contribution >= 0.6 is 0 Å². The summed E-state index contributed by atoms with van der Waals surface area (Å²) in [6.45, 7) is 2.63. The Balaban J connectivity index is 1.54. The van der Waals surface area contributed by atoms with Gasteiger partial charge in [0, 0.05) is 17.1 Å². The lowest BCUT2D eigenvalue weighted by Gasteiger charge is -2.38. The number of ether oxygens (including phenoxy) is 1. The average molecular weight is 643 g/mol. The number of fused-ring (bicyclic) bond motifs is 2. The number of H-pyrrole nitrogens is 1. The van der Waals surface area contributed by atoms with E-state index in [2.05, 4.69) is 61.2 Å². The lowest BCUT2D eigenvalue weighted by atomic mass is 9.76. The van der Waals surface area contributed by atoms with Gasteiger partial charge < -0.3 is 14.6 Å². The zero-order chi connectivity index (χ0) is 33.5. The highest BCUT2D eigenvalue weighted by Crippen LogP contribution is 2.43. The molecule has 7 aromatic rings. The molecule has 8 nitrogen and oxygen atoms in total. The lowest BCUT2D eigenvalue weighted by Crippen LogP contribution is -2.41. The molecule has 4 aromatic carbocycles. The molecule has 0 aliphatic rings. The number of hydrogen-bond acceptors (Lipinski definition) is 5. The number of carbonyl (C=O) groups is 1. The van der Waals surface area contributed by atoms with Gasteiger partial charge in [-0.05, 0) is 61.7 Å². The Morgan fingerprint density at radius 3 is 1.92 bits per heavy atom. The standard InChI is InChI=1S/C38H32F2N6O2/c1-37(2,3)43-35(47)33-32(31-28-23-27(48-36(39)40)19-20-29(28)44-45-31)41-30-21-22-46(34(30)42-33)38(24-13-7-4-8-14-24,25-15-9-5-10-16-25)26-17-11-6-12-18-26/h4-23,36H,1-3H3,(H,43,47)(H,44,45). The van der Waals surface area contributed by atoms with Gasteiger partial charge in [-0.15, -0.1) is 0 Å². The maximum Gasteiger partial charge on any atom is 0.387 e. The average Bonchev–Trinajstić information content (AvgIpc) is 3.69. The highest BCUT2D eigenvalue weighted by Gasteiger charge is 2.40. The second kappa shape index (κ2) is 12.0. The number of carbonyl (C=O) groups excluding carboxylic acids is 1. The van der Waals surface area contributed by atoms with E-state index in [0.717, 1.165) is 16.7 Å². The smallest absolute Gasteiger partial charge is 0.387 e. The number of nitrogens with zero attached hydrogens (tertiary/aromatic N) is 4. The van der Waals surface area contributed by atoms with Crippen LogP contribution in [0.2, 0.25) is 0 Å². The molecule has 240 valence electrons. The Morgan fingerprint density at radius 1 is 0.792 bits per heavy atom. The molecule has 3 heterocycles. The van der Waals surface area contributed by atoms with Crippen LogP contribution in [0.3, 0.4) is 0 Å². The number of aromatic nitrogens is 5. The molecule has 3 aromatic heterocycles. The molecule has 0 bridgehead atoms. The van der Waals surface area contributed by atoms with Crippen molar-refractivity contribution in [3.05, 3.63) is 144 Å². The molecule has 0 spiro atoms. The Kier molecular flexibility index (Phi) is 7.71. The van der Waals surface area contributed by atoms with Gasteiger partial charge in [0.25, 0.3) is 5.91 Å². The lowest BCUT2D eigenvalue weighted by molar-refractivity contribution is -0.0497. The summed E-state index contributed by atoms with van der Waals surface area (Å²) < 4.78 is 33.0. The summed E-state index contributed by atoms with van der Waals surface area (Å²) in [5, 5.41) is 10.9. The largest absolute Gasteiger partial charge is 0.435 e. The molecule has 0 radical (unpaired) electrons. The molecule has 1 amide bonds. The van der Waals surface area contributed by atoms with Crippen molar-refractivity contribution < 1.29 is 18.3 Å². The summed E-state index contributed by atoms with van der Waals surface area (Å²) in [7, 11) is 0. The fraction of sp³-hybridized carbons (Fsp3) is 0.158. The van der Waals surface area contributed by atoms with Gasteiger partial charge >= 0.3 is 6.61 Å². The Bertz CT molecular complexity index is 2130. The number of amides is 1. The Hall–Kier alpha value is -5.90. The predicted octanol–water partition coefficient (Wildman–Crippen LogP) is 7.94. The van der Waals surface area contributed by atoms with Crippen LogP contribution in [0.5, 0.6) is 5.75 Å². The quantitative estimate of drug-likeness (QED) is 0.164. The SMILES string of the molecule is CC(C)(C)NC(=O)c1nc2c(ccn2C(c2ccccc2)(c2ccccc2)c2ccccc2)nc1-c1n[nH]c2ccc(OC(F)F)cc12. The van der Waals surface area contributed by atoms with Crippen molar-refractivity contribution in [3.63, 3.8) is 0 Å². The molecule has 0 aliphatic carbocycles. The minimum atomic E-state index is -3.00. The number of rotatable bonds is 8. The summed E-state index contributed by atoms with van der Waals surface area (Å²) in [4.78, 5) is 24.2. The van der Waals surface area contributed by atoms with Crippen molar-refractivity contribution in [2.24, 2.45) is 0 Å². The minimum Gasteiger partial charge on any atom is -0.435 e. The van der Waals surface area contributed by atoms with E-state index in [4.69, 9.17) is 9.97 Å². The second-order valence-corrected chi connectivity index (χ2v) is 12.5. The van der Waals surface area contributed by atoms with Crippen molar-refractivity contribution in [3.8, 4) is 17.1 Å². The van der Waals surface area contributed by atoms with Crippen molar-refractivity contribution in [2.75, 3.05) is 0 Å². The number of hydrogen-bond donors (Lipinski definition) is 2. The fourth-order valence-electron chi connectivity index (χ4n) is 6.24. The van der Waals surface area contributed by atoms with Crippen LogP contribution in [0.25, 0.3) is 33.5 Å². The highest BCUT2D eigenvalue weighted by atomic mass is 19.3. The van der Waals surface area contributed by atoms with E-state index in [9.17, 15) is 13.6 Å². The number of alkyl halides is 2.